The molecule has 0 aromatic heterocycles. The van der Waals surface area contributed by atoms with Crippen LogP contribution < -0.4 is 4.74 Å². The van der Waals surface area contributed by atoms with Crippen molar-refractivity contribution < 1.29 is 19.7 Å². The SMILES string of the molecule is O=C(O)Oc1ccc(-c2ccccc2)cc1O. The number of carboxylic acid groups (broad SMARTS) is 1. The van der Waals surface area contributed by atoms with Gasteiger partial charge in [-0.25, -0.2) is 4.79 Å². The van der Waals surface area contributed by atoms with E-state index in [9.17, 15) is 9.90 Å². The highest BCUT2D eigenvalue weighted by Crippen LogP contribution is 2.31. The molecule has 86 valence electrons. The van der Waals surface area contributed by atoms with E-state index in [1.165, 1.54) is 12.1 Å². The summed E-state index contributed by atoms with van der Waals surface area (Å²) in [7, 11) is 0. The van der Waals surface area contributed by atoms with Crippen LogP contribution in [0.3, 0.4) is 0 Å². The molecular weight excluding hydrogens is 220 g/mol. The van der Waals surface area contributed by atoms with Gasteiger partial charge in [-0.15, -0.1) is 0 Å². The predicted octanol–water partition coefficient (Wildman–Crippen LogP) is 3.12. The van der Waals surface area contributed by atoms with Crippen LogP contribution in [0.1, 0.15) is 0 Å². The van der Waals surface area contributed by atoms with Gasteiger partial charge in [-0.2, -0.15) is 0 Å². The number of hydrogen-bond acceptors (Lipinski definition) is 3. The lowest BCUT2D eigenvalue weighted by Crippen LogP contribution is -2.02. The fourth-order valence-electron chi connectivity index (χ4n) is 1.51. The van der Waals surface area contributed by atoms with Gasteiger partial charge in [0.05, 0.1) is 0 Å². The van der Waals surface area contributed by atoms with E-state index in [4.69, 9.17) is 5.11 Å². The molecule has 2 N–H and O–H groups in total. The fourth-order valence-corrected chi connectivity index (χ4v) is 1.51. The van der Waals surface area contributed by atoms with E-state index >= 15 is 0 Å². The van der Waals surface area contributed by atoms with E-state index in [0.717, 1.165) is 11.1 Å². The highest BCUT2D eigenvalue weighted by molar-refractivity contribution is 5.69. The summed E-state index contributed by atoms with van der Waals surface area (Å²) in [6.45, 7) is 0. The van der Waals surface area contributed by atoms with E-state index in [0.29, 0.717) is 0 Å². The Morgan fingerprint density at radius 1 is 1.00 bits per heavy atom. The monoisotopic (exact) mass is 230 g/mol. The molecule has 17 heavy (non-hydrogen) atoms. The highest BCUT2D eigenvalue weighted by Gasteiger charge is 2.08. The van der Waals surface area contributed by atoms with E-state index in [1.807, 2.05) is 30.3 Å². The maximum absolute atomic E-state index is 10.3. The number of benzene rings is 2. The van der Waals surface area contributed by atoms with Crippen molar-refractivity contribution in [2.75, 3.05) is 0 Å². The summed E-state index contributed by atoms with van der Waals surface area (Å²) in [5.41, 5.74) is 1.73. The van der Waals surface area contributed by atoms with Crippen molar-refractivity contribution in [2.45, 2.75) is 0 Å². The van der Waals surface area contributed by atoms with Crippen LogP contribution in [0.25, 0.3) is 11.1 Å². The largest absolute Gasteiger partial charge is 0.511 e. The number of aromatic hydroxyl groups is 1. The van der Waals surface area contributed by atoms with Crippen molar-refractivity contribution in [3.8, 4) is 22.6 Å². The number of carbonyl (C=O) groups is 1. The minimum absolute atomic E-state index is 0.0721. The second-order valence-corrected chi connectivity index (χ2v) is 3.42. The van der Waals surface area contributed by atoms with Crippen LogP contribution in [0.15, 0.2) is 48.5 Å². The maximum atomic E-state index is 10.3. The van der Waals surface area contributed by atoms with Gasteiger partial charge in [-0.3, -0.25) is 0 Å². The average molecular weight is 230 g/mol. The second kappa shape index (κ2) is 4.57. The van der Waals surface area contributed by atoms with Crippen molar-refractivity contribution >= 4 is 6.16 Å². The first-order valence-electron chi connectivity index (χ1n) is 4.96. The molecular formula is C13H10O4. The number of phenols is 1. The zero-order chi connectivity index (χ0) is 12.3. The number of hydrogen-bond donors (Lipinski definition) is 2. The summed E-state index contributed by atoms with van der Waals surface area (Å²) < 4.78 is 4.40. The minimum Gasteiger partial charge on any atom is -0.504 e. The summed E-state index contributed by atoms with van der Waals surface area (Å²) in [5.74, 6) is -0.272. The molecule has 2 aromatic rings. The quantitative estimate of drug-likeness (QED) is 0.614. The Bertz CT molecular complexity index is 534. The molecule has 0 atom stereocenters. The molecule has 0 spiro atoms. The molecule has 2 aromatic carbocycles. The third-order valence-corrected chi connectivity index (χ3v) is 2.26. The Kier molecular flexibility index (Phi) is 2.96. The number of rotatable bonds is 2. The van der Waals surface area contributed by atoms with Crippen LogP contribution in [0, 0.1) is 0 Å². The molecule has 0 aliphatic carbocycles. The maximum Gasteiger partial charge on any atom is 0.511 e. The molecule has 4 nitrogen and oxygen atoms in total. The molecule has 0 aliphatic heterocycles. The predicted molar refractivity (Wildman–Crippen MR) is 62.2 cm³/mol. The van der Waals surface area contributed by atoms with Crippen molar-refractivity contribution in [2.24, 2.45) is 0 Å². The van der Waals surface area contributed by atoms with E-state index < -0.39 is 6.16 Å². The van der Waals surface area contributed by atoms with Crippen molar-refractivity contribution in [3.05, 3.63) is 48.5 Å². The van der Waals surface area contributed by atoms with Gasteiger partial charge in [-0.05, 0) is 23.3 Å². The van der Waals surface area contributed by atoms with Crippen LogP contribution in [0.5, 0.6) is 11.5 Å². The smallest absolute Gasteiger partial charge is 0.504 e. The van der Waals surface area contributed by atoms with Crippen LogP contribution in [0.2, 0.25) is 0 Å². The lowest BCUT2D eigenvalue weighted by molar-refractivity contribution is 0.143. The molecule has 0 aliphatic rings. The first-order chi connectivity index (χ1) is 8.16. The van der Waals surface area contributed by atoms with Crippen LogP contribution >= 0.6 is 0 Å². The Morgan fingerprint density at radius 3 is 2.29 bits per heavy atom. The van der Waals surface area contributed by atoms with Crippen LogP contribution in [-0.4, -0.2) is 16.4 Å². The van der Waals surface area contributed by atoms with Gasteiger partial charge in [0.1, 0.15) is 0 Å². The molecule has 0 unspecified atom stereocenters. The second-order valence-electron chi connectivity index (χ2n) is 3.42. The third kappa shape index (κ3) is 2.55. The van der Waals surface area contributed by atoms with Crippen molar-refractivity contribution in [1.82, 2.24) is 0 Å². The average Bonchev–Trinajstić information content (AvgIpc) is 2.32. The first kappa shape index (κ1) is 11.0. The fraction of sp³-hybridized carbons (Fsp3) is 0. The highest BCUT2D eigenvalue weighted by atomic mass is 16.7. The van der Waals surface area contributed by atoms with Gasteiger partial charge in [0.2, 0.25) is 0 Å². The normalized spacial score (nSPS) is 9.88. The Hall–Kier alpha value is -2.49. The molecule has 0 heterocycles. The van der Waals surface area contributed by atoms with E-state index in [-0.39, 0.29) is 11.5 Å². The summed E-state index contributed by atoms with van der Waals surface area (Å²) in [6, 6.07) is 14.0. The van der Waals surface area contributed by atoms with Gasteiger partial charge >= 0.3 is 6.16 Å². The molecule has 4 heteroatoms. The van der Waals surface area contributed by atoms with Gasteiger partial charge < -0.3 is 14.9 Å². The lowest BCUT2D eigenvalue weighted by atomic mass is 10.1. The van der Waals surface area contributed by atoms with Crippen LogP contribution in [-0.2, 0) is 0 Å². The summed E-state index contributed by atoms with van der Waals surface area (Å²) in [6.07, 6.45) is -1.45. The number of ether oxygens (including phenoxy) is 1. The van der Waals surface area contributed by atoms with Gasteiger partial charge in [0.25, 0.3) is 0 Å². The third-order valence-electron chi connectivity index (χ3n) is 2.26. The Morgan fingerprint density at radius 2 is 1.71 bits per heavy atom. The van der Waals surface area contributed by atoms with E-state index in [2.05, 4.69) is 4.74 Å². The topological polar surface area (TPSA) is 66.8 Å². The molecule has 0 radical (unpaired) electrons. The molecule has 0 saturated heterocycles. The zero-order valence-electron chi connectivity index (χ0n) is 8.83. The summed E-state index contributed by atoms with van der Waals surface area (Å²) in [5, 5.41) is 18.1. The molecule has 0 saturated carbocycles. The molecule has 2 rings (SSSR count). The molecule has 0 fully saturated rings. The van der Waals surface area contributed by atoms with E-state index in [1.54, 1.807) is 6.07 Å². The molecule has 0 amide bonds. The first-order valence-corrected chi connectivity index (χ1v) is 4.96. The standard InChI is InChI=1S/C13H10O4/c14-11-8-10(9-4-2-1-3-5-9)6-7-12(11)17-13(15)16/h1-8,14H,(H,15,16). The van der Waals surface area contributed by atoms with Gasteiger partial charge in [0, 0.05) is 0 Å². The summed E-state index contributed by atoms with van der Waals surface area (Å²) >= 11 is 0. The van der Waals surface area contributed by atoms with Gasteiger partial charge in [0.15, 0.2) is 11.5 Å². The number of phenolic OH excluding ortho intramolecular Hbond substituents is 1. The lowest BCUT2D eigenvalue weighted by Gasteiger charge is -2.06. The van der Waals surface area contributed by atoms with Crippen molar-refractivity contribution in [1.29, 1.82) is 0 Å². The Labute approximate surface area is 97.7 Å². The summed E-state index contributed by atoms with van der Waals surface area (Å²) in [4.78, 5) is 10.3. The Balaban J connectivity index is 2.34. The minimum atomic E-state index is -1.45. The zero-order valence-corrected chi connectivity index (χ0v) is 8.83. The van der Waals surface area contributed by atoms with Gasteiger partial charge in [-0.1, -0.05) is 36.4 Å². The van der Waals surface area contributed by atoms with Crippen LogP contribution in [0.4, 0.5) is 4.79 Å². The molecule has 0 bridgehead atoms. The van der Waals surface area contributed by atoms with Crippen molar-refractivity contribution in [3.63, 3.8) is 0 Å².